The molecule has 0 radical (unpaired) electrons. The zero-order chi connectivity index (χ0) is 28.4. The molecule has 2 heteroatoms. The van der Waals surface area contributed by atoms with E-state index in [1.807, 2.05) is 0 Å². The summed E-state index contributed by atoms with van der Waals surface area (Å²) in [5, 5.41) is 0. The van der Waals surface area contributed by atoms with Crippen molar-refractivity contribution < 1.29 is 9.47 Å². The molecular weight excluding hydrogens is 512 g/mol. The molecule has 42 heavy (non-hydrogen) atoms. The van der Waals surface area contributed by atoms with Gasteiger partial charge in [0, 0.05) is 16.9 Å². The Bertz CT molecular complexity index is 1720. The van der Waals surface area contributed by atoms with E-state index < -0.39 is 0 Å². The Morgan fingerprint density at radius 3 is 1.95 bits per heavy atom. The molecule has 2 nitrogen and oxygen atoms in total. The average Bonchev–Trinajstić information content (AvgIpc) is 3.77. The van der Waals surface area contributed by atoms with Crippen LogP contribution < -0.4 is 4.74 Å². The van der Waals surface area contributed by atoms with E-state index in [-0.39, 0.29) is 17.4 Å². The van der Waals surface area contributed by atoms with Gasteiger partial charge < -0.3 is 9.47 Å². The monoisotopic (exact) mass is 546 g/mol. The van der Waals surface area contributed by atoms with Crippen molar-refractivity contribution in [2.24, 2.45) is 0 Å². The van der Waals surface area contributed by atoms with Crippen molar-refractivity contribution in [2.75, 3.05) is 13.2 Å². The molecule has 206 valence electrons. The molecule has 1 fully saturated rings. The molecule has 0 saturated carbocycles. The third-order valence-corrected chi connectivity index (χ3v) is 8.64. The van der Waals surface area contributed by atoms with Gasteiger partial charge in [-0.25, -0.2) is 0 Å². The molecular formula is C40H34O2. The largest absolute Gasteiger partial charge is 0.490 e. The van der Waals surface area contributed by atoms with Crippen molar-refractivity contribution in [2.45, 2.75) is 24.4 Å². The van der Waals surface area contributed by atoms with Crippen LogP contribution in [0.25, 0.3) is 22.3 Å². The Hall–Kier alpha value is -4.66. The maximum absolute atomic E-state index is 6.30. The minimum Gasteiger partial charge on any atom is -0.490 e. The number of allylic oxidation sites excluding steroid dienone is 4. The Morgan fingerprint density at radius 1 is 0.690 bits per heavy atom. The highest BCUT2D eigenvalue weighted by Crippen LogP contribution is 2.46. The first-order valence-corrected chi connectivity index (χ1v) is 14.7. The lowest BCUT2D eigenvalue weighted by atomic mass is 9.70. The van der Waals surface area contributed by atoms with Crippen LogP contribution in [0.5, 0.6) is 5.75 Å². The first-order chi connectivity index (χ1) is 20.7. The molecule has 0 aromatic heterocycles. The van der Waals surface area contributed by atoms with E-state index in [1.54, 1.807) is 0 Å². The predicted molar refractivity (Wildman–Crippen MR) is 172 cm³/mol. The second-order valence-electron chi connectivity index (χ2n) is 11.3. The van der Waals surface area contributed by atoms with Crippen LogP contribution in [0.3, 0.4) is 0 Å². The molecule has 1 aliphatic carbocycles. The summed E-state index contributed by atoms with van der Waals surface area (Å²) in [6, 6.07) is 47.7. The molecule has 2 aliphatic rings. The topological polar surface area (TPSA) is 21.8 Å². The maximum Gasteiger partial charge on any atom is 0.127 e. The summed E-state index contributed by atoms with van der Waals surface area (Å²) in [5.74, 6) is 1.14. The van der Waals surface area contributed by atoms with Gasteiger partial charge in [0.05, 0.1) is 6.61 Å². The fourth-order valence-electron chi connectivity index (χ4n) is 6.01. The molecule has 0 amide bonds. The van der Waals surface area contributed by atoms with Gasteiger partial charge in [0.2, 0.25) is 0 Å². The Balaban J connectivity index is 1.35. The fourth-order valence-corrected chi connectivity index (χ4v) is 6.01. The van der Waals surface area contributed by atoms with Crippen LogP contribution in [0.15, 0.2) is 157 Å². The number of ether oxygens (including phenoxy) is 2. The van der Waals surface area contributed by atoms with Gasteiger partial charge in [0.25, 0.3) is 0 Å². The first kappa shape index (κ1) is 26.3. The molecule has 0 spiro atoms. The minimum absolute atomic E-state index is 0.199. The molecule has 0 N–H and O–H groups in total. The average molecular weight is 547 g/mol. The molecule has 1 heterocycles. The van der Waals surface area contributed by atoms with Crippen LogP contribution in [0.1, 0.15) is 29.5 Å². The normalized spacial score (nSPS) is 18.7. The maximum atomic E-state index is 6.30. The number of hydrogen-bond donors (Lipinski definition) is 0. The van der Waals surface area contributed by atoms with Gasteiger partial charge in [-0.15, -0.1) is 0 Å². The van der Waals surface area contributed by atoms with Crippen LogP contribution in [0.4, 0.5) is 0 Å². The highest BCUT2D eigenvalue weighted by molar-refractivity contribution is 5.73. The Labute approximate surface area is 248 Å². The molecule has 5 aromatic carbocycles. The van der Waals surface area contributed by atoms with E-state index >= 15 is 0 Å². The summed E-state index contributed by atoms with van der Waals surface area (Å²) >= 11 is 0. The lowest BCUT2D eigenvalue weighted by Crippen LogP contribution is -2.25. The molecule has 3 atom stereocenters. The summed E-state index contributed by atoms with van der Waals surface area (Å²) in [4.78, 5) is 0. The Kier molecular flexibility index (Phi) is 7.07. The van der Waals surface area contributed by atoms with Crippen molar-refractivity contribution in [1.29, 1.82) is 0 Å². The second-order valence-corrected chi connectivity index (χ2v) is 11.3. The third kappa shape index (κ3) is 5.22. The standard InChI is InChI=1S/C40H34O2/c1-40(35-22-19-33(25-35)30-13-7-3-8-14-30,34-20-17-31(18-21-34)29-11-5-2-6-12-29)36-23-24-39(42-28-37-27-41-37)38(26-36)32-15-9-4-10-16-32/h2-26,33,37H,27-28H2,1H3. The van der Waals surface area contributed by atoms with Crippen molar-refractivity contribution >= 4 is 0 Å². The third-order valence-electron chi connectivity index (χ3n) is 8.64. The van der Waals surface area contributed by atoms with Crippen molar-refractivity contribution in [3.05, 3.63) is 174 Å². The lowest BCUT2D eigenvalue weighted by Gasteiger charge is -2.33. The van der Waals surface area contributed by atoms with Crippen molar-refractivity contribution in [1.82, 2.24) is 0 Å². The van der Waals surface area contributed by atoms with E-state index in [4.69, 9.17) is 9.47 Å². The van der Waals surface area contributed by atoms with Gasteiger partial charge in [-0.1, -0.05) is 140 Å². The summed E-state index contributed by atoms with van der Waals surface area (Å²) < 4.78 is 11.7. The number of benzene rings is 5. The van der Waals surface area contributed by atoms with Crippen LogP contribution in [-0.4, -0.2) is 19.3 Å². The van der Waals surface area contributed by atoms with E-state index in [9.17, 15) is 0 Å². The minimum atomic E-state index is -0.378. The van der Waals surface area contributed by atoms with E-state index in [2.05, 4.69) is 159 Å². The van der Waals surface area contributed by atoms with Crippen LogP contribution in [0.2, 0.25) is 0 Å². The van der Waals surface area contributed by atoms with Gasteiger partial charge in [0.15, 0.2) is 0 Å². The zero-order valence-corrected chi connectivity index (χ0v) is 23.8. The smallest absolute Gasteiger partial charge is 0.127 e. The summed E-state index contributed by atoms with van der Waals surface area (Å²) in [7, 11) is 0. The van der Waals surface area contributed by atoms with E-state index in [1.165, 1.54) is 33.4 Å². The Morgan fingerprint density at radius 2 is 1.29 bits per heavy atom. The molecule has 1 aliphatic heterocycles. The highest BCUT2D eigenvalue weighted by Gasteiger charge is 2.35. The van der Waals surface area contributed by atoms with Gasteiger partial charge in [-0.2, -0.15) is 0 Å². The zero-order valence-electron chi connectivity index (χ0n) is 23.8. The van der Waals surface area contributed by atoms with Crippen LogP contribution in [-0.2, 0) is 10.2 Å². The molecule has 7 rings (SSSR count). The number of epoxide rings is 1. The molecule has 5 aromatic rings. The van der Waals surface area contributed by atoms with Crippen LogP contribution >= 0.6 is 0 Å². The lowest BCUT2D eigenvalue weighted by molar-refractivity contribution is 0.264. The van der Waals surface area contributed by atoms with E-state index in [0.29, 0.717) is 6.61 Å². The van der Waals surface area contributed by atoms with Crippen molar-refractivity contribution in [3.8, 4) is 28.0 Å². The molecule has 3 unspecified atom stereocenters. The summed E-state index contributed by atoms with van der Waals surface area (Å²) in [5.41, 5.74) is 9.40. The van der Waals surface area contributed by atoms with E-state index in [0.717, 1.165) is 23.5 Å². The fraction of sp³-hybridized carbons (Fsp3) is 0.150. The van der Waals surface area contributed by atoms with Gasteiger partial charge in [-0.3, -0.25) is 0 Å². The SMILES string of the molecule is CC(C1=CC(c2ccccc2)C=C1)(c1ccc(-c2ccccc2)cc1)c1ccc(OCC2CO2)c(-c2ccccc2)c1. The number of rotatable bonds is 9. The van der Waals surface area contributed by atoms with Gasteiger partial charge in [-0.05, 0) is 58.0 Å². The number of hydrogen-bond acceptors (Lipinski definition) is 2. The van der Waals surface area contributed by atoms with Gasteiger partial charge >= 0.3 is 0 Å². The summed E-state index contributed by atoms with van der Waals surface area (Å²) in [6.07, 6.45) is 7.27. The molecule has 0 bridgehead atoms. The van der Waals surface area contributed by atoms with Crippen LogP contribution in [0, 0.1) is 0 Å². The molecule has 1 saturated heterocycles. The predicted octanol–water partition coefficient (Wildman–Crippen LogP) is 9.38. The second kappa shape index (κ2) is 11.3. The first-order valence-electron chi connectivity index (χ1n) is 14.7. The van der Waals surface area contributed by atoms with Gasteiger partial charge in [0.1, 0.15) is 18.5 Å². The highest BCUT2D eigenvalue weighted by atomic mass is 16.6. The van der Waals surface area contributed by atoms with Crippen molar-refractivity contribution in [3.63, 3.8) is 0 Å². The summed E-state index contributed by atoms with van der Waals surface area (Å²) in [6.45, 7) is 3.71. The quantitative estimate of drug-likeness (QED) is 0.172.